The molecule has 0 fully saturated rings. The standard InChI is InChI=1S/C9H18N4O3S/c1-14-2-3-15-4-5-16-6-7-17-9-11-8(10)12-13-9/h2-7H2,1H3,(H3,10,11,12,13). The molecular formula is C9H18N4O3S. The number of hydrogen-bond donors (Lipinski definition) is 2. The molecule has 0 bridgehead atoms. The summed E-state index contributed by atoms with van der Waals surface area (Å²) in [7, 11) is 1.65. The molecule has 1 heterocycles. The van der Waals surface area contributed by atoms with Crippen LogP contribution in [0.3, 0.4) is 0 Å². The first-order valence-electron chi connectivity index (χ1n) is 5.28. The Balaban J connectivity index is 1.84. The molecule has 0 aromatic carbocycles. The van der Waals surface area contributed by atoms with Crippen LogP contribution in [-0.2, 0) is 14.2 Å². The van der Waals surface area contributed by atoms with Gasteiger partial charge in [-0.15, -0.1) is 5.10 Å². The maximum atomic E-state index is 5.39. The summed E-state index contributed by atoms with van der Waals surface area (Å²) in [6, 6.07) is 0. The molecular weight excluding hydrogens is 244 g/mol. The molecule has 0 radical (unpaired) electrons. The Labute approximate surface area is 104 Å². The SMILES string of the molecule is COCCOCCOCCSc1n[nH]c(N)n1. The van der Waals surface area contributed by atoms with Crippen molar-refractivity contribution in [2.45, 2.75) is 5.16 Å². The van der Waals surface area contributed by atoms with Crippen molar-refractivity contribution in [2.75, 3.05) is 51.6 Å². The first-order chi connectivity index (χ1) is 8.33. The number of anilines is 1. The lowest BCUT2D eigenvalue weighted by Crippen LogP contribution is -2.09. The fourth-order valence-corrected chi connectivity index (χ4v) is 1.64. The van der Waals surface area contributed by atoms with Crippen LogP contribution >= 0.6 is 11.8 Å². The number of nitrogens with one attached hydrogen (secondary N) is 1. The average molecular weight is 262 g/mol. The Morgan fingerprint density at radius 3 is 2.53 bits per heavy atom. The molecule has 0 unspecified atom stereocenters. The third kappa shape index (κ3) is 7.16. The zero-order valence-corrected chi connectivity index (χ0v) is 10.7. The summed E-state index contributed by atoms with van der Waals surface area (Å²) in [5, 5.41) is 7.10. The van der Waals surface area contributed by atoms with Crippen LogP contribution in [0.25, 0.3) is 0 Å². The number of nitrogen functional groups attached to an aromatic ring is 1. The van der Waals surface area contributed by atoms with Crippen LogP contribution in [0.1, 0.15) is 0 Å². The van der Waals surface area contributed by atoms with Gasteiger partial charge in [-0.25, -0.2) is 5.10 Å². The van der Waals surface area contributed by atoms with Gasteiger partial charge in [0.2, 0.25) is 11.1 Å². The minimum atomic E-state index is 0.333. The highest BCUT2D eigenvalue weighted by molar-refractivity contribution is 7.99. The van der Waals surface area contributed by atoms with Gasteiger partial charge in [-0.05, 0) is 0 Å². The second-order valence-corrected chi connectivity index (χ2v) is 4.13. The van der Waals surface area contributed by atoms with Crippen molar-refractivity contribution in [3.05, 3.63) is 0 Å². The number of aromatic nitrogens is 3. The van der Waals surface area contributed by atoms with Crippen molar-refractivity contribution < 1.29 is 14.2 Å². The van der Waals surface area contributed by atoms with E-state index >= 15 is 0 Å². The zero-order chi connectivity index (χ0) is 12.3. The third-order valence-corrected chi connectivity index (χ3v) is 2.56. The Hall–Kier alpha value is -0.830. The molecule has 0 amide bonds. The molecule has 98 valence electrons. The molecule has 0 aliphatic carbocycles. The molecule has 8 heteroatoms. The number of thioether (sulfide) groups is 1. The van der Waals surface area contributed by atoms with E-state index in [4.69, 9.17) is 19.9 Å². The molecule has 0 aliphatic rings. The Bertz CT molecular complexity index is 298. The van der Waals surface area contributed by atoms with Crippen molar-refractivity contribution in [3.8, 4) is 0 Å². The first kappa shape index (κ1) is 14.2. The Morgan fingerprint density at radius 1 is 1.18 bits per heavy atom. The van der Waals surface area contributed by atoms with E-state index in [1.165, 1.54) is 11.8 Å². The number of H-pyrrole nitrogens is 1. The van der Waals surface area contributed by atoms with Crippen LogP contribution in [0.4, 0.5) is 5.95 Å². The fraction of sp³-hybridized carbons (Fsp3) is 0.778. The molecule has 17 heavy (non-hydrogen) atoms. The molecule has 0 saturated heterocycles. The second kappa shape index (κ2) is 9.23. The fourth-order valence-electron chi connectivity index (χ4n) is 0.979. The summed E-state index contributed by atoms with van der Waals surface area (Å²) in [6.07, 6.45) is 0. The highest BCUT2D eigenvalue weighted by atomic mass is 32.2. The van der Waals surface area contributed by atoms with E-state index in [-0.39, 0.29) is 0 Å². The topological polar surface area (TPSA) is 95.3 Å². The van der Waals surface area contributed by atoms with Gasteiger partial charge in [-0.3, -0.25) is 0 Å². The number of methoxy groups -OCH3 is 1. The van der Waals surface area contributed by atoms with E-state index in [1.807, 2.05) is 0 Å². The van der Waals surface area contributed by atoms with Gasteiger partial charge in [0, 0.05) is 12.9 Å². The molecule has 1 rings (SSSR count). The van der Waals surface area contributed by atoms with E-state index in [0.717, 1.165) is 5.75 Å². The summed E-state index contributed by atoms with van der Waals surface area (Å²) in [4.78, 5) is 3.96. The maximum absolute atomic E-state index is 5.39. The van der Waals surface area contributed by atoms with Crippen molar-refractivity contribution in [3.63, 3.8) is 0 Å². The monoisotopic (exact) mass is 262 g/mol. The van der Waals surface area contributed by atoms with E-state index < -0.39 is 0 Å². The average Bonchev–Trinajstić information content (AvgIpc) is 2.73. The normalized spacial score (nSPS) is 10.9. The van der Waals surface area contributed by atoms with Crippen LogP contribution in [0, 0.1) is 0 Å². The van der Waals surface area contributed by atoms with Crippen LogP contribution < -0.4 is 5.73 Å². The van der Waals surface area contributed by atoms with E-state index in [9.17, 15) is 0 Å². The van der Waals surface area contributed by atoms with Gasteiger partial charge in [0.1, 0.15) is 0 Å². The van der Waals surface area contributed by atoms with Gasteiger partial charge in [0.05, 0.1) is 33.0 Å². The first-order valence-corrected chi connectivity index (χ1v) is 6.26. The molecule has 3 N–H and O–H groups in total. The smallest absolute Gasteiger partial charge is 0.216 e. The van der Waals surface area contributed by atoms with Crippen LogP contribution in [0.5, 0.6) is 0 Å². The van der Waals surface area contributed by atoms with E-state index in [1.54, 1.807) is 7.11 Å². The quantitative estimate of drug-likeness (QED) is 0.458. The third-order valence-electron chi connectivity index (χ3n) is 1.74. The lowest BCUT2D eigenvalue weighted by atomic mass is 10.7. The highest BCUT2D eigenvalue weighted by Crippen LogP contribution is 2.11. The van der Waals surface area contributed by atoms with Crippen molar-refractivity contribution in [1.29, 1.82) is 0 Å². The number of hydrogen-bond acceptors (Lipinski definition) is 7. The lowest BCUT2D eigenvalue weighted by Gasteiger charge is -2.04. The van der Waals surface area contributed by atoms with Crippen LogP contribution in [0.15, 0.2) is 5.16 Å². The van der Waals surface area contributed by atoms with Gasteiger partial charge in [-0.2, -0.15) is 4.98 Å². The Kier molecular flexibility index (Phi) is 7.72. The molecule has 0 aliphatic heterocycles. The molecule has 7 nitrogen and oxygen atoms in total. The zero-order valence-electron chi connectivity index (χ0n) is 9.85. The maximum Gasteiger partial charge on any atom is 0.216 e. The second-order valence-electron chi connectivity index (χ2n) is 3.07. The minimum Gasteiger partial charge on any atom is -0.382 e. The van der Waals surface area contributed by atoms with Gasteiger partial charge >= 0.3 is 0 Å². The molecule has 0 spiro atoms. The number of nitrogens with two attached hydrogens (primary N) is 1. The van der Waals surface area contributed by atoms with E-state index in [0.29, 0.717) is 44.1 Å². The Morgan fingerprint density at radius 2 is 1.88 bits per heavy atom. The lowest BCUT2D eigenvalue weighted by molar-refractivity contribution is 0.0286. The highest BCUT2D eigenvalue weighted by Gasteiger charge is 2.00. The number of rotatable bonds is 10. The van der Waals surface area contributed by atoms with E-state index in [2.05, 4.69) is 15.2 Å². The van der Waals surface area contributed by atoms with Gasteiger partial charge in [0.25, 0.3) is 0 Å². The number of aromatic amines is 1. The predicted octanol–water partition coefficient (Wildman–Crippen LogP) is 0.159. The summed E-state index contributed by atoms with van der Waals surface area (Å²) in [5.74, 6) is 1.12. The largest absolute Gasteiger partial charge is 0.382 e. The van der Waals surface area contributed by atoms with Gasteiger partial charge < -0.3 is 19.9 Å². The van der Waals surface area contributed by atoms with Crippen molar-refractivity contribution in [1.82, 2.24) is 15.2 Å². The van der Waals surface area contributed by atoms with Gasteiger partial charge in [-0.1, -0.05) is 11.8 Å². The molecule has 0 atom stereocenters. The molecule has 0 saturated carbocycles. The minimum absolute atomic E-state index is 0.333. The molecule has 1 aromatic heterocycles. The summed E-state index contributed by atoms with van der Waals surface area (Å²) in [5.41, 5.74) is 5.39. The molecule has 1 aromatic rings. The van der Waals surface area contributed by atoms with Crippen molar-refractivity contribution >= 4 is 17.7 Å². The summed E-state index contributed by atoms with van der Waals surface area (Å²) >= 11 is 1.49. The summed E-state index contributed by atoms with van der Waals surface area (Å²) in [6.45, 7) is 3.02. The van der Waals surface area contributed by atoms with Crippen molar-refractivity contribution in [2.24, 2.45) is 0 Å². The van der Waals surface area contributed by atoms with Gasteiger partial charge in [0.15, 0.2) is 0 Å². The summed E-state index contributed by atoms with van der Waals surface area (Å²) < 4.78 is 15.4. The number of ether oxygens (including phenoxy) is 3. The van der Waals surface area contributed by atoms with Crippen LogP contribution in [0.2, 0.25) is 0 Å². The number of nitrogens with zero attached hydrogens (tertiary/aromatic N) is 2. The van der Waals surface area contributed by atoms with Crippen LogP contribution in [-0.4, -0.2) is 61.1 Å². The predicted molar refractivity (Wildman–Crippen MR) is 65.0 cm³/mol.